The Morgan fingerprint density at radius 3 is 2.26 bits per heavy atom. The van der Waals surface area contributed by atoms with Gasteiger partial charge in [-0.2, -0.15) is 0 Å². The Kier molecular flexibility index (Phi) is 7.52. The van der Waals surface area contributed by atoms with Gasteiger partial charge < -0.3 is 15.5 Å². The Labute approximate surface area is 144 Å². The van der Waals surface area contributed by atoms with E-state index in [-0.39, 0.29) is 30.1 Å². The Balaban J connectivity index is 0.00000264. The number of halogens is 1. The first-order valence-corrected chi connectivity index (χ1v) is 7.88. The molecule has 0 saturated carbocycles. The molecule has 1 aromatic rings. The first-order chi connectivity index (χ1) is 10.5. The maximum absolute atomic E-state index is 12.5. The summed E-state index contributed by atoms with van der Waals surface area (Å²) in [5.41, 5.74) is 1.38. The number of piperidine rings is 1. The molecule has 6 heteroatoms. The van der Waals surface area contributed by atoms with Crippen molar-refractivity contribution in [2.45, 2.75) is 32.7 Å². The van der Waals surface area contributed by atoms with Crippen molar-refractivity contribution in [3.63, 3.8) is 0 Å². The number of hydrogen-bond acceptors (Lipinski definition) is 3. The van der Waals surface area contributed by atoms with E-state index in [1.807, 2.05) is 25.8 Å². The van der Waals surface area contributed by atoms with Gasteiger partial charge in [0.15, 0.2) is 0 Å². The van der Waals surface area contributed by atoms with E-state index in [9.17, 15) is 9.59 Å². The minimum Gasteiger partial charge on any atom is -0.339 e. The maximum atomic E-state index is 12.5. The van der Waals surface area contributed by atoms with E-state index >= 15 is 0 Å². The molecule has 23 heavy (non-hydrogen) atoms. The monoisotopic (exact) mass is 339 g/mol. The van der Waals surface area contributed by atoms with Crippen LogP contribution in [0.25, 0.3) is 0 Å². The van der Waals surface area contributed by atoms with Gasteiger partial charge in [0.2, 0.25) is 5.91 Å². The van der Waals surface area contributed by atoms with E-state index in [0.717, 1.165) is 31.6 Å². The lowest BCUT2D eigenvalue weighted by Gasteiger charge is -2.31. The lowest BCUT2D eigenvalue weighted by Crippen LogP contribution is -2.43. The topological polar surface area (TPSA) is 61.4 Å². The molecular formula is C17H26ClN3O2. The number of anilines is 1. The molecule has 2 N–H and O–H groups in total. The smallest absolute Gasteiger partial charge is 0.253 e. The lowest BCUT2D eigenvalue weighted by atomic mass is 10.0. The summed E-state index contributed by atoms with van der Waals surface area (Å²) < 4.78 is 0. The average Bonchev–Trinajstić information content (AvgIpc) is 2.55. The molecule has 0 spiro atoms. The van der Waals surface area contributed by atoms with Crippen LogP contribution in [-0.2, 0) is 4.79 Å². The van der Waals surface area contributed by atoms with Gasteiger partial charge in [-0.3, -0.25) is 9.59 Å². The Morgan fingerprint density at radius 2 is 1.74 bits per heavy atom. The molecule has 1 aliphatic heterocycles. The largest absolute Gasteiger partial charge is 0.339 e. The maximum Gasteiger partial charge on any atom is 0.253 e. The van der Waals surface area contributed by atoms with Crippen LogP contribution in [0.2, 0.25) is 0 Å². The SMILES string of the molecule is CC(C)C(=O)Nc1ccc(C(=O)N(C)C2CCNCC2)cc1.Cl. The zero-order valence-electron chi connectivity index (χ0n) is 14.0. The highest BCUT2D eigenvalue weighted by molar-refractivity contribution is 5.96. The number of benzene rings is 1. The van der Waals surface area contributed by atoms with Gasteiger partial charge in [0.05, 0.1) is 0 Å². The van der Waals surface area contributed by atoms with E-state index in [1.165, 1.54) is 0 Å². The fraction of sp³-hybridized carbons (Fsp3) is 0.529. The normalized spacial score (nSPS) is 15.0. The van der Waals surface area contributed by atoms with Crippen molar-refractivity contribution < 1.29 is 9.59 Å². The van der Waals surface area contributed by atoms with Crippen LogP contribution in [0.3, 0.4) is 0 Å². The summed E-state index contributed by atoms with van der Waals surface area (Å²) in [6, 6.07) is 7.41. The Bertz CT molecular complexity index is 525. The molecule has 1 aliphatic rings. The zero-order chi connectivity index (χ0) is 16.1. The number of amides is 2. The fourth-order valence-corrected chi connectivity index (χ4v) is 2.55. The summed E-state index contributed by atoms with van der Waals surface area (Å²) >= 11 is 0. The zero-order valence-corrected chi connectivity index (χ0v) is 14.8. The van der Waals surface area contributed by atoms with Crippen molar-refractivity contribution in [3.8, 4) is 0 Å². The third kappa shape index (κ3) is 5.22. The number of rotatable bonds is 4. The van der Waals surface area contributed by atoms with Crippen LogP contribution in [0.4, 0.5) is 5.69 Å². The van der Waals surface area contributed by atoms with Crippen LogP contribution in [-0.4, -0.2) is 42.9 Å². The molecule has 0 unspecified atom stereocenters. The van der Waals surface area contributed by atoms with Gasteiger partial charge in [-0.05, 0) is 50.2 Å². The van der Waals surface area contributed by atoms with Crippen molar-refractivity contribution in [2.24, 2.45) is 5.92 Å². The van der Waals surface area contributed by atoms with Gasteiger partial charge in [-0.25, -0.2) is 0 Å². The molecule has 5 nitrogen and oxygen atoms in total. The predicted molar refractivity (Wildman–Crippen MR) is 95.1 cm³/mol. The lowest BCUT2D eigenvalue weighted by molar-refractivity contribution is -0.118. The average molecular weight is 340 g/mol. The first-order valence-electron chi connectivity index (χ1n) is 7.88. The number of nitrogens with one attached hydrogen (secondary N) is 2. The molecule has 0 aliphatic carbocycles. The highest BCUT2D eigenvalue weighted by atomic mass is 35.5. The Morgan fingerprint density at radius 1 is 1.17 bits per heavy atom. The number of carbonyl (C=O) groups is 2. The van der Waals surface area contributed by atoms with Crippen LogP contribution < -0.4 is 10.6 Å². The highest BCUT2D eigenvalue weighted by Crippen LogP contribution is 2.16. The molecule has 2 amide bonds. The van der Waals surface area contributed by atoms with E-state index < -0.39 is 0 Å². The molecule has 0 aromatic heterocycles. The molecular weight excluding hydrogens is 314 g/mol. The van der Waals surface area contributed by atoms with Crippen molar-refractivity contribution >= 4 is 29.9 Å². The van der Waals surface area contributed by atoms with Crippen LogP contribution in [0, 0.1) is 5.92 Å². The fourth-order valence-electron chi connectivity index (χ4n) is 2.55. The second-order valence-corrected chi connectivity index (χ2v) is 6.12. The minimum absolute atomic E-state index is 0. The van der Waals surface area contributed by atoms with Gasteiger partial charge in [-0.1, -0.05) is 13.8 Å². The Hall–Kier alpha value is -1.59. The third-order valence-corrected chi connectivity index (χ3v) is 4.10. The number of hydrogen-bond donors (Lipinski definition) is 2. The van der Waals surface area contributed by atoms with Gasteiger partial charge in [0, 0.05) is 30.3 Å². The second-order valence-electron chi connectivity index (χ2n) is 6.12. The summed E-state index contributed by atoms with van der Waals surface area (Å²) in [7, 11) is 1.87. The van der Waals surface area contributed by atoms with Crippen LogP contribution in [0.5, 0.6) is 0 Å². The van der Waals surface area contributed by atoms with Gasteiger partial charge in [-0.15, -0.1) is 12.4 Å². The molecule has 2 rings (SSSR count). The molecule has 0 atom stereocenters. The third-order valence-electron chi connectivity index (χ3n) is 4.10. The minimum atomic E-state index is -0.0626. The van der Waals surface area contributed by atoms with Gasteiger partial charge >= 0.3 is 0 Å². The number of nitrogens with zero attached hydrogens (tertiary/aromatic N) is 1. The van der Waals surface area contributed by atoms with E-state index in [2.05, 4.69) is 10.6 Å². The molecule has 0 radical (unpaired) electrons. The van der Waals surface area contributed by atoms with Gasteiger partial charge in [0.1, 0.15) is 0 Å². The molecule has 1 fully saturated rings. The van der Waals surface area contributed by atoms with Crippen LogP contribution in [0.1, 0.15) is 37.0 Å². The molecule has 1 saturated heterocycles. The van der Waals surface area contributed by atoms with E-state index in [0.29, 0.717) is 11.6 Å². The summed E-state index contributed by atoms with van der Waals surface area (Å²) in [6.45, 7) is 5.62. The molecule has 1 aromatic carbocycles. The quantitative estimate of drug-likeness (QED) is 0.886. The molecule has 1 heterocycles. The van der Waals surface area contributed by atoms with Crippen LogP contribution >= 0.6 is 12.4 Å². The summed E-state index contributed by atoms with van der Waals surface area (Å²) in [5.74, 6) is -0.0492. The van der Waals surface area contributed by atoms with Gasteiger partial charge in [0.25, 0.3) is 5.91 Å². The van der Waals surface area contributed by atoms with E-state index in [4.69, 9.17) is 0 Å². The van der Waals surface area contributed by atoms with Crippen molar-refractivity contribution in [3.05, 3.63) is 29.8 Å². The van der Waals surface area contributed by atoms with Crippen molar-refractivity contribution in [1.82, 2.24) is 10.2 Å². The van der Waals surface area contributed by atoms with Crippen molar-refractivity contribution in [1.29, 1.82) is 0 Å². The van der Waals surface area contributed by atoms with Crippen LogP contribution in [0.15, 0.2) is 24.3 Å². The number of carbonyl (C=O) groups excluding carboxylic acids is 2. The molecule has 0 bridgehead atoms. The standard InChI is InChI=1S/C17H25N3O2.ClH/c1-12(2)16(21)19-14-6-4-13(5-7-14)17(22)20(3)15-8-10-18-11-9-15;/h4-7,12,15,18H,8-11H2,1-3H3,(H,19,21);1H. The summed E-state index contributed by atoms with van der Waals surface area (Å²) in [6.07, 6.45) is 1.98. The second kappa shape index (κ2) is 8.89. The highest BCUT2D eigenvalue weighted by Gasteiger charge is 2.22. The predicted octanol–water partition coefficient (Wildman–Crippen LogP) is 2.53. The van der Waals surface area contributed by atoms with Crippen molar-refractivity contribution in [2.75, 3.05) is 25.5 Å². The summed E-state index contributed by atoms with van der Waals surface area (Å²) in [5, 5.41) is 6.13. The molecule has 128 valence electrons. The van der Waals surface area contributed by atoms with E-state index in [1.54, 1.807) is 24.3 Å². The first kappa shape index (κ1) is 19.5. The summed E-state index contributed by atoms with van der Waals surface area (Å²) in [4.78, 5) is 26.0.